The molecule has 1 aromatic heterocycles. The van der Waals surface area contributed by atoms with E-state index in [1.165, 1.54) is 0 Å². The highest BCUT2D eigenvalue weighted by molar-refractivity contribution is 8.04. The minimum absolute atomic E-state index is 0.106. The molecule has 10 nitrogen and oxygen atoms in total. The largest absolute Gasteiger partial charge is 0.506 e. The second kappa shape index (κ2) is 18.8. The Bertz CT molecular complexity index is 1670. The Morgan fingerprint density at radius 1 is 0.913 bits per heavy atom. The monoisotopic (exact) mass is 651 g/mol. The van der Waals surface area contributed by atoms with Crippen molar-refractivity contribution in [2.24, 2.45) is 10.2 Å². The molecular formula is C34H33N7O3S2. The van der Waals surface area contributed by atoms with Gasteiger partial charge in [-0.3, -0.25) is 14.6 Å². The van der Waals surface area contributed by atoms with Gasteiger partial charge < -0.3 is 5.11 Å². The molecule has 0 bridgehead atoms. The maximum atomic E-state index is 11.8. The van der Waals surface area contributed by atoms with Gasteiger partial charge in [-0.05, 0) is 84.0 Å². The van der Waals surface area contributed by atoms with Crippen molar-refractivity contribution in [3.05, 3.63) is 125 Å². The van der Waals surface area contributed by atoms with E-state index in [0.29, 0.717) is 50.7 Å². The number of thiocyanates is 2. The number of thioether (sulfide) groups is 2. The van der Waals surface area contributed by atoms with Gasteiger partial charge in [-0.15, -0.1) is 4.91 Å². The third kappa shape index (κ3) is 11.9. The van der Waals surface area contributed by atoms with Gasteiger partial charge in [-0.2, -0.15) is 10.5 Å². The maximum absolute atomic E-state index is 11.8. The van der Waals surface area contributed by atoms with Crippen LogP contribution in [0, 0.1) is 26.2 Å². The molecule has 0 saturated carbocycles. The molecule has 3 aromatic rings. The molecule has 12 heteroatoms. The number of hydrogen-bond donors (Lipinski definition) is 1. The summed E-state index contributed by atoms with van der Waals surface area (Å²) in [4.78, 5) is 37.5. The van der Waals surface area contributed by atoms with E-state index < -0.39 is 5.91 Å². The van der Waals surface area contributed by atoms with Crippen LogP contribution in [-0.2, 0) is 24.4 Å². The van der Waals surface area contributed by atoms with Crippen LogP contribution < -0.4 is 0 Å². The Balaban J connectivity index is 1.91. The number of carbonyl (C=O) groups is 1. The summed E-state index contributed by atoms with van der Waals surface area (Å²) < 4.78 is 0. The molecule has 0 aliphatic rings. The van der Waals surface area contributed by atoms with E-state index in [9.17, 15) is 14.8 Å². The number of nitroso groups, excluding NO2 is 1. The molecule has 0 atom stereocenters. The van der Waals surface area contributed by atoms with Gasteiger partial charge in [0.05, 0.1) is 11.4 Å². The molecule has 1 amide bonds. The highest BCUT2D eigenvalue weighted by atomic mass is 32.2. The van der Waals surface area contributed by atoms with Crippen LogP contribution >= 0.6 is 23.5 Å². The smallest absolute Gasteiger partial charge is 0.334 e. The number of aliphatic hydroxyl groups is 1. The molecule has 0 unspecified atom stereocenters. The number of aromatic nitrogens is 1. The van der Waals surface area contributed by atoms with E-state index in [4.69, 9.17) is 10.5 Å². The molecule has 0 radical (unpaired) electrons. The van der Waals surface area contributed by atoms with Crippen molar-refractivity contribution in [1.29, 1.82) is 10.5 Å². The maximum Gasteiger partial charge on any atom is 0.334 e. The van der Waals surface area contributed by atoms with Gasteiger partial charge in [-0.25, -0.2) is 9.98 Å². The molecule has 0 saturated heterocycles. The molecule has 234 valence electrons. The van der Waals surface area contributed by atoms with E-state index in [-0.39, 0.29) is 11.5 Å². The minimum atomic E-state index is -1.02. The number of benzene rings is 2. The number of rotatable bonds is 17. The first kappa shape index (κ1) is 35.6. The molecule has 3 rings (SSSR count). The lowest BCUT2D eigenvalue weighted by molar-refractivity contribution is -0.114. The Kier molecular flexibility index (Phi) is 14.6. The van der Waals surface area contributed by atoms with E-state index in [2.05, 4.69) is 48.9 Å². The van der Waals surface area contributed by atoms with Gasteiger partial charge in [0.1, 0.15) is 28.0 Å². The number of hydrogen-bond acceptors (Lipinski definition) is 11. The second-order valence-corrected chi connectivity index (χ2v) is 11.7. The molecule has 2 aromatic carbocycles. The molecule has 0 aliphatic carbocycles. The lowest BCUT2D eigenvalue weighted by atomic mass is 10.1. The van der Waals surface area contributed by atoms with E-state index in [0.717, 1.165) is 50.1 Å². The van der Waals surface area contributed by atoms with Crippen LogP contribution in [0.5, 0.6) is 0 Å². The Labute approximate surface area is 277 Å². The van der Waals surface area contributed by atoms with E-state index in [1.54, 1.807) is 18.2 Å². The Morgan fingerprint density at radius 3 is 2.00 bits per heavy atom. The van der Waals surface area contributed by atoms with E-state index >= 15 is 0 Å². The van der Waals surface area contributed by atoms with Gasteiger partial charge in [0.15, 0.2) is 0 Å². The molecule has 0 spiro atoms. The van der Waals surface area contributed by atoms with Crippen LogP contribution in [0.15, 0.2) is 118 Å². The van der Waals surface area contributed by atoms with Crippen molar-refractivity contribution >= 4 is 40.9 Å². The fourth-order valence-corrected chi connectivity index (χ4v) is 5.19. The first-order valence-corrected chi connectivity index (χ1v) is 15.7. The molecule has 0 fully saturated rings. The van der Waals surface area contributed by atoms with Crippen LogP contribution in [-0.4, -0.2) is 51.1 Å². The number of aliphatic hydroxyl groups excluding tert-OH is 1. The molecule has 1 N–H and O–H groups in total. The number of nitrogens with zero attached hydrogens (tertiary/aromatic N) is 7. The lowest BCUT2D eigenvalue weighted by Crippen LogP contribution is -2.37. The number of aliphatic imine (C=N–C) groups is 1. The first-order valence-electron chi connectivity index (χ1n) is 14.1. The van der Waals surface area contributed by atoms with Crippen molar-refractivity contribution in [1.82, 2.24) is 14.8 Å². The summed E-state index contributed by atoms with van der Waals surface area (Å²) in [7, 11) is 0. The molecule has 1 heterocycles. The quantitative estimate of drug-likeness (QED) is 0.0401. The SMILES string of the molecule is C=C(/N=C(\C=C/C)CN(CCN(Cc1ccc(SC#N)cc1)Cc1cccc(C(=C)O)n1)Cc1ccc(SC#N)cc1)C(=O)N=O. The zero-order valence-electron chi connectivity index (χ0n) is 25.4. The summed E-state index contributed by atoms with van der Waals surface area (Å²) in [6.07, 6.45) is 3.56. The van der Waals surface area contributed by atoms with Crippen molar-refractivity contribution in [2.45, 2.75) is 36.3 Å². The number of allylic oxidation sites excluding steroid dienone is 1. The number of nitriles is 2. The van der Waals surface area contributed by atoms with Crippen LogP contribution in [0.25, 0.3) is 5.76 Å². The van der Waals surface area contributed by atoms with E-state index in [1.807, 2.05) is 67.6 Å². The summed E-state index contributed by atoms with van der Waals surface area (Å²) in [6, 6.07) is 21.0. The first-order chi connectivity index (χ1) is 22.2. The standard InChI is InChI=1S/C34H33N7O3S2/c1-4-6-29(37-25(2)34(43)39-44)21-40(19-27-9-13-31(14-10-27)45-23-35)17-18-41(20-28-11-15-32(16-12-28)46-24-36)22-30-7-5-8-33(38-30)26(3)42/h4-16,42H,2-3,17-22H2,1H3/b6-4-,37-29+. The van der Waals surface area contributed by atoms with Crippen molar-refractivity contribution in [2.75, 3.05) is 19.6 Å². The third-order valence-electron chi connectivity index (χ3n) is 6.56. The number of carbonyl (C=O) groups excluding carboxylic acids is 1. The Hall–Kier alpha value is -4.85. The zero-order chi connectivity index (χ0) is 33.3. The van der Waals surface area contributed by atoms with Gasteiger partial charge >= 0.3 is 5.91 Å². The van der Waals surface area contributed by atoms with Crippen molar-refractivity contribution in [3.63, 3.8) is 0 Å². The summed E-state index contributed by atoms with van der Waals surface area (Å²) in [5.41, 5.74) is 3.52. The topological polar surface area (TPSA) is 146 Å². The van der Waals surface area contributed by atoms with Crippen LogP contribution in [0.4, 0.5) is 0 Å². The Morgan fingerprint density at radius 2 is 1.48 bits per heavy atom. The number of pyridine rings is 1. The summed E-state index contributed by atoms with van der Waals surface area (Å²) in [6.45, 7) is 12.1. The zero-order valence-corrected chi connectivity index (χ0v) is 27.0. The normalized spacial score (nSPS) is 11.4. The highest BCUT2D eigenvalue weighted by Crippen LogP contribution is 2.20. The van der Waals surface area contributed by atoms with Crippen LogP contribution in [0.1, 0.15) is 29.4 Å². The van der Waals surface area contributed by atoms with Gasteiger partial charge in [0.2, 0.25) is 0 Å². The predicted octanol–water partition coefficient (Wildman–Crippen LogP) is 7.08. The van der Waals surface area contributed by atoms with Gasteiger partial charge in [0.25, 0.3) is 0 Å². The minimum Gasteiger partial charge on any atom is -0.506 e. The molecule has 46 heavy (non-hydrogen) atoms. The van der Waals surface area contributed by atoms with Crippen LogP contribution in [0.3, 0.4) is 0 Å². The average Bonchev–Trinajstić information content (AvgIpc) is 3.05. The molecular weight excluding hydrogens is 619 g/mol. The second-order valence-electron chi connectivity index (χ2n) is 10.0. The van der Waals surface area contributed by atoms with Gasteiger partial charge in [-0.1, -0.05) is 49.6 Å². The highest BCUT2D eigenvalue weighted by Gasteiger charge is 2.16. The fourth-order valence-electron chi connectivity index (χ4n) is 4.44. The van der Waals surface area contributed by atoms with Gasteiger partial charge in [0, 0.05) is 54.2 Å². The summed E-state index contributed by atoms with van der Waals surface area (Å²) >= 11 is 2.19. The third-order valence-corrected chi connectivity index (χ3v) is 7.76. The molecule has 0 aliphatic heterocycles. The van der Waals surface area contributed by atoms with Crippen molar-refractivity contribution in [3.8, 4) is 10.8 Å². The number of amides is 1. The van der Waals surface area contributed by atoms with Crippen LogP contribution in [0.2, 0.25) is 0 Å². The lowest BCUT2D eigenvalue weighted by Gasteiger charge is -2.28. The summed E-state index contributed by atoms with van der Waals surface area (Å²) in [5, 5.41) is 34.5. The summed E-state index contributed by atoms with van der Waals surface area (Å²) in [5.74, 6) is -1.13. The predicted molar refractivity (Wildman–Crippen MR) is 183 cm³/mol. The van der Waals surface area contributed by atoms with Crippen molar-refractivity contribution < 1.29 is 9.90 Å². The fraction of sp³-hybridized carbons (Fsp3) is 0.206. The average molecular weight is 652 g/mol.